The zero-order valence-corrected chi connectivity index (χ0v) is 5.51. The highest BCUT2D eigenvalue weighted by Crippen LogP contribution is 2.27. The number of likely N-dealkylation sites (tertiary alicyclic amines) is 1. The standard InChI is InChI=1S/C7H13NO/c1-8-4-5-2-6(8)7(9)3-5/h5-9H,1-4H2/t5?,6?,7-/m0/s1. The average molecular weight is 127 g/mol. The van der Waals surface area contributed by atoms with Crippen molar-refractivity contribution in [3.63, 3.8) is 0 Å². The van der Waals surface area contributed by atoms with Gasteiger partial charge in [0.25, 0.3) is 0 Å². The molecule has 0 aromatic heterocycles. The second kappa shape index (κ2) is 1.70. The van der Waals surface area contributed by atoms with Gasteiger partial charge in [-0.1, -0.05) is 0 Å². The summed E-state index contributed by atoms with van der Waals surface area (Å²) in [6.45, 7) is 1.18. The molecule has 0 aromatic carbocycles. The van der Waals surface area contributed by atoms with Crippen molar-refractivity contribution >= 4 is 0 Å². The number of rotatable bonds is 0. The molecule has 0 amide bonds. The highest BCUT2D eigenvalue weighted by Gasteiger charge is 2.43. The number of aliphatic hydroxyl groups is 1. The van der Waals surface area contributed by atoms with Crippen LogP contribution in [0, 0.1) is 13.0 Å². The fourth-order valence-electron chi connectivity index (χ4n) is 2.25. The van der Waals surface area contributed by atoms with Gasteiger partial charge in [-0.15, -0.1) is 0 Å². The van der Waals surface area contributed by atoms with Crippen LogP contribution in [-0.2, 0) is 0 Å². The lowest BCUT2D eigenvalue weighted by atomic mass is 10.1. The Bertz CT molecular complexity index is 114. The van der Waals surface area contributed by atoms with Crippen LogP contribution in [0.4, 0.5) is 0 Å². The van der Waals surface area contributed by atoms with E-state index in [4.69, 9.17) is 0 Å². The molecule has 2 heteroatoms. The molecule has 3 unspecified atom stereocenters. The van der Waals surface area contributed by atoms with Crippen molar-refractivity contribution in [3.8, 4) is 0 Å². The molecule has 0 radical (unpaired) electrons. The van der Waals surface area contributed by atoms with Crippen LogP contribution in [0.15, 0.2) is 0 Å². The van der Waals surface area contributed by atoms with Crippen LogP contribution >= 0.6 is 0 Å². The SMILES string of the molecule is [CH2-][NH+]1CC2CC1[C@@H](O)C2. The minimum Gasteiger partial charge on any atom is -0.463 e. The van der Waals surface area contributed by atoms with E-state index in [-0.39, 0.29) is 6.10 Å². The quantitative estimate of drug-likeness (QED) is 0.393. The first-order valence-electron chi connectivity index (χ1n) is 3.63. The van der Waals surface area contributed by atoms with E-state index in [1.54, 1.807) is 0 Å². The largest absolute Gasteiger partial charge is 0.463 e. The summed E-state index contributed by atoms with van der Waals surface area (Å²) in [5.41, 5.74) is 0. The van der Waals surface area contributed by atoms with Crippen molar-refractivity contribution < 1.29 is 10.0 Å². The van der Waals surface area contributed by atoms with Gasteiger partial charge in [0.05, 0.1) is 12.6 Å². The van der Waals surface area contributed by atoms with E-state index in [0.29, 0.717) is 6.04 Å². The summed E-state index contributed by atoms with van der Waals surface area (Å²) in [4.78, 5) is 1.29. The van der Waals surface area contributed by atoms with Gasteiger partial charge in [-0.2, -0.15) is 7.05 Å². The minimum atomic E-state index is -0.0451. The Hall–Kier alpha value is -0.0800. The number of hydrogen-bond donors (Lipinski definition) is 2. The summed E-state index contributed by atoms with van der Waals surface area (Å²) < 4.78 is 0. The van der Waals surface area contributed by atoms with Crippen LogP contribution in [0.3, 0.4) is 0 Å². The third-order valence-electron chi connectivity index (χ3n) is 2.70. The lowest BCUT2D eigenvalue weighted by Crippen LogP contribution is -3.11. The van der Waals surface area contributed by atoms with Crippen LogP contribution in [0.1, 0.15) is 12.8 Å². The van der Waals surface area contributed by atoms with E-state index < -0.39 is 0 Å². The molecule has 1 heterocycles. The molecule has 1 aliphatic carbocycles. The molecule has 2 fully saturated rings. The van der Waals surface area contributed by atoms with Crippen LogP contribution in [-0.4, -0.2) is 23.8 Å². The Balaban J connectivity index is 2.13. The summed E-state index contributed by atoms with van der Waals surface area (Å²) in [6, 6.07) is 0.468. The number of fused-ring (bicyclic) bond motifs is 2. The van der Waals surface area contributed by atoms with E-state index in [1.165, 1.54) is 17.9 Å². The molecule has 9 heavy (non-hydrogen) atoms. The first-order chi connectivity index (χ1) is 4.27. The predicted octanol–water partition coefficient (Wildman–Crippen LogP) is -1.18. The van der Waals surface area contributed by atoms with Gasteiger partial charge < -0.3 is 10.0 Å². The first-order valence-corrected chi connectivity index (χ1v) is 3.63. The molecule has 1 saturated carbocycles. The van der Waals surface area contributed by atoms with E-state index >= 15 is 0 Å². The molecule has 1 saturated heterocycles. The van der Waals surface area contributed by atoms with Gasteiger partial charge in [0, 0.05) is 12.3 Å². The van der Waals surface area contributed by atoms with E-state index in [1.807, 2.05) is 0 Å². The van der Waals surface area contributed by atoms with Gasteiger partial charge in [0.2, 0.25) is 0 Å². The fraction of sp³-hybridized carbons (Fsp3) is 0.857. The maximum absolute atomic E-state index is 9.33. The number of nitrogens with one attached hydrogen (secondary N) is 1. The van der Waals surface area contributed by atoms with Gasteiger partial charge in [-0.05, 0) is 6.42 Å². The topological polar surface area (TPSA) is 24.7 Å². The zero-order valence-electron chi connectivity index (χ0n) is 5.51. The maximum Gasteiger partial charge on any atom is 0.104 e. The molecule has 2 N–H and O–H groups in total. The van der Waals surface area contributed by atoms with Crippen LogP contribution < -0.4 is 4.90 Å². The first kappa shape index (κ1) is 5.69. The molecule has 2 rings (SSSR count). The van der Waals surface area contributed by atoms with Crippen LogP contribution in [0.2, 0.25) is 0 Å². The van der Waals surface area contributed by atoms with Crippen molar-refractivity contribution in [2.45, 2.75) is 25.0 Å². The summed E-state index contributed by atoms with van der Waals surface area (Å²) in [6.07, 6.45) is 2.19. The molecule has 1 aliphatic heterocycles. The van der Waals surface area contributed by atoms with Crippen molar-refractivity contribution in [3.05, 3.63) is 7.05 Å². The van der Waals surface area contributed by atoms with Crippen LogP contribution in [0.25, 0.3) is 0 Å². The fourth-order valence-corrected chi connectivity index (χ4v) is 2.25. The van der Waals surface area contributed by atoms with E-state index in [2.05, 4.69) is 7.05 Å². The molecule has 0 aromatic rings. The van der Waals surface area contributed by atoms with Crippen molar-refractivity contribution in [2.75, 3.05) is 6.54 Å². The molecular weight excluding hydrogens is 114 g/mol. The van der Waals surface area contributed by atoms with Gasteiger partial charge in [-0.25, -0.2) is 0 Å². The number of piperidine rings is 1. The van der Waals surface area contributed by atoms with Gasteiger partial charge in [0.1, 0.15) is 6.10 Å². The number of hydrogen-bond acceptors (Lipinski definition) is 1. The molecule has 2 aliphatic rings. The summed E-state index contributed by atoms with van der Waals surface area (Å²) in [7, 11) is 3.93. The van der Waals surface area contributed by atoms with Gasteiger partial charge in [-0.3, -0.25) is 0 Å². The van der Waals surface area contributed by atoms with E-state index in [0.717, 1.165) is 12.3 Å². The Morgan fingerprint density at radius 1 is 1.44 bits per heavy atom. The third-order valence-corrected chi connectivity index (χ3v) is 2.70. The Morgan fingerprint density at radius 2 is 2.22 bits per heavy atom. The molecule has 4 atom stereocenters. The van der Waals surface area contributed by atoms with Crippen molar-refractivity contribution in [2.24, 2.45) is 5.92 Å². The molecule has 52 valence electrons. The molecular formula is C7H13NO. The Morgan fingerprint density at radius 3 is 2.56 bits per heavy atom. The summed E-state index contributed by atoms with van der Waals surface area (Å²) >= 11 is 0. The Labute approximate surface area is 55.5 Å². The smallest absolute Gasteiger partial charge is 0.104 e. The van der Waals surface area contributed by atoms with Crippen molar-refractivity contribution in [1.29, 1.82) is 0 Å². The highest BCUT2D eigenvalue weighted by molar-refractivity contribution is 4.87. The predicted molar refractivity (Wildman–Crippen MR) is 33.7 cm³/mol. The summed E-state index contributed by atoms with van der Waals surface area (Å²) in [5, 5.41) is 9.33. The second-order valence-electron chi connectivity index (χ2n) is 3.37. The Kier molecular flexibility index (Phi) is 1.08. The highest BCUT2D eigenvalue weighted by atomic mass is 16.3. The monoisotopic (exact) mass is 127 g/mol. The third kappa shape index (κ3) is 0.700. The number of aliphatic hydroxyl groups excluding tert-OH is 1. The minimum absolute atomic E-state index is 0.0451. The van der Waals surface area contributed by atoms with Crippen LogP contribution in [0.5, 0.6) is 0 Å². The zero-order chi connectivity index (χ0) is 6.43. The molecule has 0 spiro atoms. The normalized spacial score (nSPS) is 56.7. The summed E-state index contributed by atoms with van der Waals surface area (Å²) in [5.74, 6) is 0.775. The number of quaternary nitrogens is 1. The molecule has 2 bridgehead atoms. The maximum atomic E-state index is 9.33. The van der Waals surface area contributed by atoms with E-state index in [9.17, 15) is 5.11 Å². The second-order valence-corrected chi connectivity index (χ2v) is 3.37. The lowest BCUT2D eigenvalue weighted by Gasteiger charge is -2.29. The van der Waals surface area contributed by atoms with Crippen molar-refractivity contribution in [1.82, 2.24) is 0 Å². The average Bonchev–Trinajstić information content (AvgIpc) is 2.22. The van der Waals surface area contributed by atoms with Gasteiger partial charge >= 0.3 is 0 Å². The lowest BCUT2D eigenvalue weighted by molar-refractivity contribution is -0.876. The van der Waals surface area contributed by atoms with Gasteiger partial charge in [0.15, 0.2) is 0 Å². The molecule has 2 nitrogen and oxygen atoms in total.